The van der Waals surface area contributed by atoms with E-state index in [0.717, 1.165) is 5.69 Å². The van der Waals surface area contributed by atoms with Crippen LogP contribution in [0.3, 0.4) is 0 Å². The van der Waals surface area contributed by atoms with Crippen LogP contribution in [-0.2, 0) is 6.54 Å². The summed E-state index contributed by atoms with van der Waals surface area (Å²) in [4.78, 5) is 8.02. The number of aromatic nitrogens is 2. The molecule has 1 aliphatic heterocycles. The quantitative estimate of drug-likeness (QED) is 0.923. The average Bonchev–Trinajstić information content (AvgIpc) is 2.70. The third-order valence-electron chi connectivity index (χ3n) is 2.49. The summed E-state index contributed by atoms with van der Waals surface area (Å²) in [6.45, 7) is 0.434. The van der Waals surface area contributed by atoms with Gasteiger partial charge in [-0.05, 0) is 12.1 Å². The smallest absolute Gasteiger partial charge is 0.395 e. The molecular weight excluding hydrogens is 256 g/mol. The van der Waals surface area contributed by atoms with E-state index in [1.807, 2.05) is 0 Å². The van der Waals surface area contributed by atoms with Gasteiger partial charge in [0, 0.05) is 24.1 Å². The zero-order valence-electron chi connectivity index (χ0n) is 9.64. The van der Waals surface area contributed by atoms with Crippen molar-refractivity contribution in [3.05, 3.63) is 42.5 Å². The molecule has 3 rings (SSSR count). The molecular formula is C12H9F2N3O2. The monoisotopic (exact) mass is 265 g/mol. The zero-order chi connectivity index (χ0) is 13.3. The van der Waals surface area contributed by atoms with Crippen molar-refractivity contribution in [3.63, 3.8) is 0 Å². The summed E-state index contributed by atoms with van der Waals surface area (Å²) in [7, 11) is 0. The van der Waals surface area contributed by atoms with E-state index in [1.165, 1.54) is 12.1 Å². The first-order chi connectivity index (χ1) is 9.12. The molecule has 0 fully saturated rings. The molecule has 0 atom stereocenters. The van der Waals surface area contributed by atoms with Gasteiger partial charge in [0.15, 0.2) is 11.5 Å². The topological polar surface area (TPSA) is 56.3 Å². The molecule has 98 valence electrons. The Morgan fingerprint density at radius 2 is 2.00 bits per heavy atom. The van der Waals surface area contributed by atoms with Crippen LogP contribution < -0.4 is 14.8 Å². The van der Waals surface area contributed by atoms with Crippen LogP contribution in [-0.4, -0.2) is 16.3 Å². The Kier molecular flexibility index (Phi) is 2.66. The first kappa shape index (κ1) is 11.6. The van der Waals surface area contributed by atoms with Gasteiger partial charge in [0.2, 0.25) is 0 Å². The molecule has 0 radical (unpaired) electrons. The first-order valence-electron chi connectivity index (χ1n) is 5.51. The number of fused-ring (bicyclic) bond motifs is 1. The maximum absolute atomic E-state index is 12.8. The Bertz CT molecular complexity index is 593. The Morgan fingerprint density at radius 1 is 1.16 bits per heavy atom. The summed E-state index contributed by atoms with van der Waals surface area (Å²) in [5.74, 6) is 0.0317. The normalized spacial score (nSPS) is 15.3. The number of alkyl halides is 2. The van der Waals surface area contributed by atoms with E-state index in [4.69, 9.17) is 0 Å². The van der Waals surface area contributed by atoms with Gasteiger partial charge in [-0.2, -0.15) is 0 Å². The van der Waals surface area contributed by atoms with Gasteiger partial charge in [-0.1, -0.05) is 0 Å². The maximum atomic E-state index is 12.8. The number of nitrogens with one attached hydrogen (secondary N) is 1. The lowest BCUT2D eigenvalue weighted by Crippen LogP contribution is -2.25. The highest BCUT2D eigenvalue weighted by atomic mass is 19.3. The largest absolute Gasteiger partial charge is 0.586 e. The highest BCUT2D eigenvalue weighted by molar-refractivity contribution is 5.55. The van der Waals surface area contributed by atoms with E-state index < -0.39 is 6.29 Å². The Balaban J connectivity index is 1.71. The molecule has 0 saturated carbocycles. The number of rotatable bonds is 3. The molecule has 1 aromatic carbocycles. The fourth-order valence-corrected chi connectivity index (χ4v) is 1.67. The summed E-state index contributed by atoms with van der Waals surface area (Å²) in [6, 6.07) is 4.50. The van der Waals surface area contributed by atoms with Crippen molar-refractivity contribution in [1.29, 1.82) is 0 Å². The summed E-state index contributed by atoms with van der Waals surface area (Å²) in [5, 5.41) is 3.04. The van der Waals surface area contributed by atoms with Crippen molar-refractivity contribution >= 4 is 5.69 Å². The molecule has 0 aliphatic carbocycles. The first-order valence-corrected chi connectivity index (χ1v) is 5.51. The standard InChI is InChI=1S/C12H9F2N3O2/c13-12(14)18-10-2-1-8(5-11(10)19-12)17-7-9-6-15-3-4-16-9/h1-6,17H,7H2. The lowest BCUT2D eigenvalue weighted by atomic mass is 10.2. The van der Waals surface area contributed by atoms with Crippen molar-refractivity contribution in [2.45, 2.75) is 12.8 Å². The summed E-state index contributed by atoms with van der Waals surface area (Å²) >= 11 is 0. The Labute approximate surface area is 107 Å². The molecule has 1 aromatic heterocycles. The molecule has 7 heteroatoms. The van der Waals surface area contributed by atoms with Gasteiger partial charge in [-0.25, -0.2) is 0 Å². The number of hydrogen-bond donors (Lipinski definition) is 1. The van der Waals surface area contributed by atoms with E-state index in [1.54, 1.807) is 24.7 Å². The second-order valence-electron chi connectivity index (χ2n) is 3.88. The maximum Gasteiger partial charge on any atom is 0.586 e. The molecule has 19 heavy (non-hydrogen) atoms. The molecule has 2 aromatic rings. The molecule has 2 heterocycles. The van der Waals surface area contributed by atoms with E-state index in [-0.39, 0.29) is 11.5 Å². The van der Waals surface area contributed by atoms with Crippen LogP contribution in [0.15, 0.2) is 36.8 Å². The van der Waals surface area contributed by atoms with Crippen LogP contribution >= 0.6 is 0 Å². The Hall–Kier alpha value is -2.44. The molecule has 0 spiro atoms. The minimum Gasteiger partial charge on any atom is -0.395 e. The van der Waals surface area contributed by atoms with Crippen LogP contribution in [0.4, 0.5) is 14.5 Å². The van der Waals surface area contributed by atoms with Crippen LogP contribution in [0.1, 0.15) is 5.69 Å². The van der Waals surface area contributed by atoms with Gasteiger partial charge in [0.25, 0.3) is 0 Å². The van der Waals surface area contributed by atoms with Crippen LogP contribution in [0.2, 0.25) is 0 Å². The molecule has 5 nitrogen and oxygen atoms in total. The number of benzene rings is 1. The van der Waals surface area contributed by atoms with E-state index in [0.29, 0.717) is 12.2 Å². The summed E-state index contributed by atoms with van der Waals surface area (Å²) in [5.41, 5.74) is 1.37. The van der Waals surface area contributed by atoms with Crippen LogP contribution in [0.5, 0.6) is 11.5 Å². The van der Waals surface area contributed by atoms with Crippen LogP contribution in [0.25, 0.3) is 0 Å². The van der Waals surface area contributed by atoms with E-state index >= 15 is 0 Å². The molecule has 1 N–H and O–H groups in total. The number of hydrogen-bond acceptors (Lipinski definition) is 5. The summed E-state index contributed by atoms with van der Waals surface area (Å²) < 4.78 is 34.3. The van der Waals surface area contributed by atoms with Crippen molar-refractivity contribution in [3.8, 4) is 11.5 Å². The minimum atomic E-state index is -3.59. The molecule has 0 unspecified atom stereocenters. The van der Waals surface area contributed by atoms with Crippen molar-refractivity contribution in [2.75, 3.05) is 5.32 Å². The third-order valence-corrected chi connectivity index (χ3v) is 2.49. The highest BCUT2D eigenvalue weighted by Gasteiger charge is 2.43. The second-order valence-corrected chi connectivity index (χ2v) is 3.88. The number of ether oxygens (including phenoxy) is 2. The predicted octanol–water partition coefficient (Wildman–Crippen LogP) is 2.41. The van der Waals surface area contributed by atoms with Crippen molar-refractivity contribution in [1.82, 2.24) is 9.97 Å². The van der Waals surface area contributed by atoms with Gasteiger partial charge in [-0.15, -0.1) is 8.78 Å². The minimum absolute atomic E-state index is 0.00847. The number of nitrogens with zero attached hydrogens (tertiary/aromatic N) is 2. The third kappa shape index (κ3) is 2.54. The van der Waals surface area contributed by atoms with Gasteiger partial charge in [0.05, 0.1) is 18.4 Å². The van der Waals surface area contributed by atoms with Crippen molar-refractivity contribution in [2.24, 2.45) is 0 Å². The van der Waals surface area contributed by atoms with Gasteiger partial charge in [0.1, 0.15) is 0 Å². The van der Waals surface area contributed by atoms with E-state index in [9.17, 15) is 8.78 Å². The van der Waals surface area contributed by atoms with Gasteiger partial charge < -0.3 is 14.8 Å². The fraction of sp³-hybridized carbons (Fsp3) is 0.167. The molecule has 0 saturated heterocycles. The predicted molar refractivity (Wildman–Crippen MR) is 62.0 cm³/mol. The number of anilines is 1. The number of halogens is 2. The highest BCUT2D eigenvalue weighted by Crippen LogP contribution is 2.42. The average molecular weight is 265 g/mol. The fourth-order valence-electron chi connectivity index (χ4n) is 1.67. The zero-order valence-corrected chi connectivity index (χ0v) is 9.64. The van der Waals surface area contributed by atoms with Gasteiger partial charge in [-0.3, -0.25) is 9.97 Å². The summed E-state index contributed by atoms with van der Waals surface area (Å²) in [6.07, 6.45) is 1.18. The molecule has 0 bridgehead atoms. The SMILES string of the molecule is FC1(F)Oc2ccc(NCc3cnccn3)cc2O1. The van der Waals surface area contributed by atoms with E-state index in [2.05, 4.69) is 24.8 Å². The van der Waals surface area contributed by atoms with Crippen molar-refractivity contribution < 1.29 is 18.3 Å². The lowest BCUT2D eigenvalue weighted by molar-refractivity contribution is -0.286. The van der Waals surface area contributed by atoms with Crippen LogP contribution in [0, 0.1) is 0 Å². The molecule has 0 amide bonds. The Morgan fingerprint density at radius 3 is 2.79 bits per heavy atom. The second kappa shape index (κ2) is 4.34. The lowest BCUT2D eigenvalue weighted by Gasteiger charge is -2.06. The van der Waals surface area contributed by atoms with Gasteiger partial charge >= 0.3 is 6.29 Å². The molecule has 1 aliphatic rings.